The van der Waals surface area contributed by atoms with Crippen LogP contribution in [0.2, 0.25) is 6.04 Å². The quantitative estimate of drug-likeness (QED) is 0.517. The molecule has 0 aliphatic rings. The molecule has 0 spiro atoms. The van der Waals surface area contributed by atoms with Crippen molar-refractivity contribution in [3.05, 3.63) is 30.1 Å². The van der Waals surface area contributed by atoms with Crippen LogP contribution in [0.25, 0.3) is 0 Å². The van der Waals surface area contributed by atoms with Crippen LogP contribution in [0.4, 0.5) is 0 Å². The van der Waals surface area contributed by atoms with E-state index in [0.29, 0.717) is 5.25 Å². The summed E-state index contributed by atoms with van der Waals surface area (Å²) in [5.41, 5.74) is 1.31. The molecule has 1 atom stereocenters. The van der Waals surface area contributed by atoms with Gasteiger partial charge in [0.2, 0.25) is 0 Å². The Morgan fingerprint density at radius 1 is 1.16 bits per heavy atom. The molecule has 1 rings (SSSR count). The second-order valence-electron chi connectivity index (χ2n) is 4.19. The van der Waals surface area contributed by atoms with E-state index >= 15 is 0 Å². The fraction of sp³-hybridized carbons (Fsp3) is 0.615. The lowest BCUT2D eigenvalue weighted by Crippen LogP contribution is -2.42. The van der Waals surface area contributed by atoms with Crippen LogP contribution in [0.3, 0.4) is 0 Å². The molecule has 0 aromatic carbocycles. The van der Waals surface area contributed by atoms with Gasteiger partial charge in [0.25, 0.3) is 0 Å². The van der Waals surface area contributed by atoms with E-state index in [0.717, 1.165) is 18.2 Å². The Labute approximate surface area is 121 Å². The van der Waals surface area contributed by atoms with Gasteiger partial charge < -0.3 is 13.3 Å². The van der Waals surface area contributed by atoms with Gasteiger partial charge in [0, 0.05) is 45.0 Å². The molecule has 1 heterocycles. The van der Waals surface area contributed by atoms with Crippen molar-refractivity contribution in [2.45, 2.75) is 24.6 Å². The number of hydrogen-bond acceptors (Lipinski definition) is 5. The van der Waals surface area contributed by atoms with Crippen molar-refractivity contribution in [2.24, 2.45) is 0 Å². The maximum absolute atomic E-state index is 5.40. The molecule has 0 saturated heterocycles. The lowest BCUT2D eigenvalue weighted by atomic mass is 10.2. The molecular formula is C13H23NO3SSi. The second kappa shape index (κ2) is 8.71. The van der Waals surface area contributed by atoms with Crippen LogP contribution in [0.1, 0.15) is 24.2 Å². The van der Waals surface area contributed by atoms with Crippen molar-refractivity contribution in [2.75, 3.05) is 27.1 Å². The second-order valence-corrected chi connectivity index (χ2v) is 8.73. The van der Waals surface area contributed by atoms with E-state index in [9.17, 15) is 0 Å². The molecular weight excluding hydrogens is 278 g/mol. The predicted molar refractivity (Wildman–Crippen MR) is 81.3 cm³/mol. The maximum atomic E-state index is 5.40. The van der Waals surface area contributed by atoms with Gasteiger partial charge >= 0.3 is 8.80 Å². The lowest BCUT2D eigenvalue weighted by molar-refractivity contribution is 0.123. The zero-order chi connectivity index (χ0) is 14.1. The summed E-state index contributed by atoms with van der Waals surface area (Å²) < 4.78 is 16.2. The number of thioether (sulfide) groups is 1. The highest BCUT2D eigenvalue weighted by Gasteiger charge is 2.36. The van der Waals surface area contributed by atoms with Gasteiger partial charge in [-0.15, -0.1) is 0 Å². The summed E-state index contributed by atoms with van der Waals surface area (Å²) in [6.45, 7) is 2.22. The molecule has 6 heteroatoms. The normalized spacial score (nSPS) is 13.5. The fourth-order valence-electron chi connectivity index (χ4n) is 1.84. The van der Waals surface area contributed by atoms with E-state index in [1.807, 2.05) is 24.2 Å². The van der Waals surface area contributed by atoms with E-state index in [1.165, 1.54) is 5.56 Å². The predicted octanol–water partition coefficient (Wildman–Crippen LogP) is 3.14. The van der Waals surface area contributed by atoms with Gasteiger partial charge in [-0.1, -0.05) is 0 Å². The molecule has 0 aliphatic carbocycles. The summed E-state index contributed by atoms with van der Waals surface area (Å²) in [6, 6.07) is 4.99. The van der Waals surface area contributed by atoms with Crippen molar-refractivity contribution in [3.8, 4) is 0 Å². The zero-order valence-electron chi connectivity index (χ0n) is 12.1. The first kappa shape index (κ1) is 16.7. The van der Waals surface area contributed by atoms with E-state index in [4.69, 9.17) is 13.3 Å². The van der Waals surface area contributed by atoms with Gasteiger partial charge in [-0.25, -0.2) is 0 Å². The molecule has 0 saturated carbocycles. The minimum Gasteiger partial charge on any atom is -0.377 e. The highest BCUT2D eigenvalue weighted by molar-refractivity contribution is 7.99. The molecule has 19 heavy (non-hydrogen) atoms. The van der Waals surface area contributed by atoms with Gasteiger partial charge in [0.05, 0.1) is 0 Å². The molecule has 1 aromatic heterocycles. The molecule has 0 aliphatic heterocycles. The van der Waals surface area contributed by atoms with Gasteiger partial charge in [0.1, 0.15) is 0 Å². The van der Waals surface area contributed by atoms with Crippen molar-refractivity contribution in [1.29, 1.82) is 0 Å². The fourth-order valence-corrected chi connectivity index (χ4v) is 4.83. The van der Waals surface area contributed by atoms with Gasteiger partial charge in [-0.2, -0.15) is 11.8 Å². The van der Waals surface area contributed by atoms with Crippen molar-refractivity contribution in [1.82, 2.24) is 4.98 Å². The minimum absolute atomic E-state index is 0.478. The number of pyridine rings is 1. The first-order valence-electron chi connectivity index (χ1n) is 6.34. The van der Waals surface area contributed by atoms with E-state index < -0.39 is 8.80 Å². The Balaban J connectivity index is 2.31. The molecule has 0 fully saturated rings. The highest BCUT2D eigenvalue weighted by atomic mass is 32.2. The number of hydrogen-bond donors (Lipinski definition) is 0. The average molecular weight is 301 g/mol. The summed E-state index contributed by atoms with van der Waals surface area (Å²) in [7, 11) is 2.58. The third-order valence-electron chi connectivity index (χ3n) is 3.10. The summed E-state index contributed by atoms with van der Waals surface area (Å²) in [5, 5.41) is 0.478. The van der Waals surface area contributed by atoms with Crippen LogP contribution in [-0.4, -0.2) is 40.9 Å². The zero-order valence-corrected chi connectivity index (χ0v) is 13.9. The Hall–Kier alpha value is -0.403. The summed E-state index contributed by atoms with van der Waals surface area (Å²) >= 11 is 1.93. The molecule has 0 amide bonds. The Morgan fingerprint density at radius 2 is 1.74 bits per heavy atom. The monoisotopic (exact) mass is 301 g/mol. The summed E-state index contributed by atoms with van der Waals surface area (Å²) in [4.78, 5) is 4.04. The van der Waals surface area contributed by atoms with Crippen LogP contribution >= 0.6 is 11.8 Å². The third-order valence-corrected chi connectivity index (χ3v) is 7.23. The molecule has 1 aromatic rings. The lowest BCUT2D eigenvalue weighted by Gasteiger charge is -2.24. The van der Waals surface area contributed by atoms with Crippen LogP contribution in [-0.2, 0) is 13.3 Å². The Morgan fingerprint density at radius 3 is 2.26 bits per heavy atom. The summed E-state index contributed by atoms with van der Waals surface area (Å²) in [6.07, 6.45) is 4.71. The number of rotatable bonds is 9. The van der Waals surface area contributed by atoms with Gasteiger partial charge in [0.15, 0.2) is 0 Å². The SMILES string of the molecule is CO[Si](CCCSC(C)c1ccncc1)(OC)OC. The molecule has 4 nitrogen and oxygen atoms in total. The van der Waals surface area contributed by atoms with Gasteiger partial charge in [-0.05, 0) is 36.8 Å². The number of aromatic nitrogens is 1. The first-order chi connectivity index (χ1) is 9.17. The third kappa shape index (κ3) is 5.23. The largest absolute Gasteiger partial charge is 0.500 e. The standard InChI is InChI=1S/C13H23NO3SSi/c1-12(13-6-8-14-9-7-13)18-10-5-11-19(15-2,16-3)17-4/h6-9,12H,5,10-11H2,1-4H3. The Kier molecular flexibility index (Phi) is 7.63. The smallest absolute Gasteiger partial charge is 0.377 e. The first-order valence-corrected chi connectivity index (χ1v) is 9.32. The van der Waals surface area contributed by atoms with E-state index in [2.05, 4.69) is 24.0 Å². The van der Waals surface area contributed by atoms with Gasteiger partial charge in [-0.3, -0.25) is 4.98 Å². The minimum atomic E-state index is -2.39. The summed E-state index contributed by atoms with van der Waals surface area (Å²) in [5.74, 6) is 1.06. The molecule has 108 valence electrons. The van der Waals surface area contributed by atoms with Crippen LogP contribution in [0.15, 0.2) is 24.5 Å². The molecule has 0 N–H and O–H groups in total. The molecule has 0 radical (unpaired) electrons. The number of nitrogens with zero attached hydrogens (tertiary/aromatic N) is 1. The van der Waals surface area contributed by atoms with Crippen molar-refractivity contribution < 1.29 is 13.3 Å². The topological polar surface area (TPSA) is 40.6 Å². The molecule has 1 unspecified atom stereocenters. The van der Waals surface area contributed by atoms with Crippen LogP contribution in [0.5, 0.6) is 0 Å². The van der Waals surface area contributed by atoms with E-state index in [-0.39, 0.29) is 0 Å². The van der Waals surface area contributed by atoms with E-state index in [1.54, 1.807) is 21.3 Å². The van der Waals surface area contributed by atoms with Crippen molar-refractivity contribution in [3.63, 3.8) is 0 Å². The maximum Gasteiger partial charge on any atom is 0.500 e. The highest BCUT2D eigenvalue weighted by Crippen LogP contribution is 2.29. The van der Waals surface area contributed by atoms with Crippen molar-refractivity contribution >= 4 is 20.6 Å². The van der Waals surface area contributed by atoms with Crippen LogP contribution in [0, 0.1) is 0 Å². The van der Waals surface area contributed by atoms with Crippen LogP contribution < -0.4 is 0 Å². The Bertz CT molecular complexity index is 341. The molecule has 0 bridgehead atoms. The average Bonchev–Trinajstić information content (AvgIpc) is 2.49.